The predicted octanol–water partition coefficient (Wildman–Crippen LogP) is 3.70. The van der Waals surface area contributed by atoms with Crippen molar-refractivity contribution >= 4 is 17.7 Å². The largest absolute Gasteiger partial charge is 0.493 e. The lowest BCUT2D eigenvalue weighted by atomic mass is 10.2. The van der Waals surface area contributed by atoms with Crippen molar-refractivity contribution < 1.29 is 18.7 Å². The second-order valence-electron chi connectivity index (χ2n) is 6.47. The second-order valence-corrected chi connectivity index (χ2v) is 7.41. The maximum absolute atomic E-state index is 13.0. The van der Waals surface area contributed by atoms with Crippen LogP contribution >= 0.6 is 11.8 Å². The summed E-state index contributed by atoms with van der Waals surface area (Å²) in [5.41, 5.74) is 1.63. The van der Waals surface area contributed by atoms with E-state index >= 15 is 0 Å². The van der Waals surface area contributed by atoms with Gasteiger partial charge in [0, 0.05) is 18.7 Å². The number of benzene rings is 2. The molecule has 1 amide bonds. The lowest BCUT2D eigenvalue weighted by Crippen LogP contribution is -2.24. The average molecular weight is 443 g/mol. The molecule has 31 heavy (non-hydrogen) atoms. The van der Waals surface area contributed by atoms with Gasteiger partial charge in [0.05, 0.1) is 20.0 Å². The molecule has 3 aromatic rings. The Balaban J connectivity index is 1.69. The SMILES string of the molecule is C=CCn1c(SCC(=O)NCc2ccc(F)cc2)nnc1-c1ccc(OC)c(OC)c1. The van der Waals surface area contributed by atoms with Crippen molar-refractivity contribution in [2.24, 2.45) is 0 Å². The summed E-state index contributed by atoms with van der Waals surface area (Å²) in [4.78, 5) is 12.2. The Morgan fingerprint density at radius 1 is 1.16 bits per heavy atom. The van der Waals surface area contributed by atoms with E-state index in [2.05, 4.69) is 22.1 Å². The molecular weight excluding hydrogens is 419 g/mol. The molecule has 0 radical (unpaired) electrons. The maximum Gasteiger partial charge on any atom is 0.230 e. The van der Waals surface area contributed by atoms with Crippen LogP contribution in [0.1, 0.15) is 5.56 Å². The number of methoxy groups -OCH3 is 2. The molecule has 0 atom stereocenters. The zero-order valence-corrected chi connectivity index (χ0v) is 18.1. The van der Waals surface area contributed by atoms with Crippen molar-refractivity contribution in [1.82, 2.24) is 20.1 Å². The molecule has 0 spiro atoms. The zero-order valence-electron chi connectivity index (χ0n) is 17.3. The first-order valence-corrected chi connectivity index (χ1v) is 10.4. The van der Waals surface area contributed by atoms with Crippen LogP contribution in [0.5, 0.6) is 11.5 Å². The molecule has 0 saturated heterocycles. The molecule has 0 unspecified atom stereocenters. The van der Waals surface area contributed by atoms with Crippen LogP contribution in [-0.2, 0) is 17.9 Å². The molecule has 1 aromatic heterocycles. The number of nitrogens with zero attached hydrogens (tertiary/aromatic N) is 3. The summed E-state index contributed by atoms with van der Waals surface area (Å²) in [6.07, 6.45) is 1.74. The molecule has 7 nitrogen and oxygen atoms in total. The molecular formula is C22H23FN4O3S. The Hall–Kier alpha value is -3.33. The molecule has 0 aliphatic heterocycles. The molecule has 9 heteroatoms. The minimum absolute atomic E-state index is 0.157. The number of ether oxygens (including phenoxy) is 2. The fourth-order valence-electron chi connectivity index (χ4n) is 2.86. The van der Waals surface area contributed by atoms with Gasteiger partial charge in [-0.05, 0) is 35.9 Å². The summed E-state index contributed by atoms with van der Waals surface area (Å²) in [7, 11) is 3.15. The molecule has 2 aromatic carbocycles. The lowest BCUT2D eigenvalue weighted by molar-refractivity contribution is -0.118. The van der Waals surface area contributed by atoms with Crippen molar-refractivity contribution in [3.05, 3.63) is 66.5 Å². The van der Waals surface area contributed by atoms with Gasteiger partial charge in [-0.3, -0.25) is 9.36 Å². The van der Waals surface area contributed by atoms with Crippen LogP contribution < -0.4 is 14.8 Å². The summed E-state index contributed by atoms with van der Waals surface area (Å²) >= 11 is 1.28. The van der Waals surface area contributed by atoms with Crippen molar-refractivity contribution in [3.8, 4) is 22.9 Å². The van der Waals surface area contributed by atoms with Gasteiger partial charge in [0.1, 0.15) is 5.82 Å². The van der Waals surface area contributed by atoms with Gasteiger partial charge in [-0.1, -0.05) is 30.0 Å². The highest BCUT2D eigenvalue weighted by atomic mass is 32.2. The summed E-state index contributed by atoms with van der Waals surface area (Å²) in [6.45, 7) is 4.61. The van der Waals surface area contributed by atoms with Gasteiger partial charge in [0.2, 0.25) is 5.91 Å². The number of thioether (sulfide) groups is 1. The number of allylic oxidation sites excluding steroid dienone is 1. The van der Waals surface area contributed by atoms with E-state index in [0.29, 0.717) is 35.6 Å². The van der Waals surface area contributed by atoms with E-state index in [0.717, 1.165) is 11.1 Å². The first kappa shape index (κ1) is 22.4. The van der Waals surface area contributed by atoms with Crippen LogP contribution in [-0.4, -0.2) is 40.6 Å². The van der Waals surface area contributed by atoms with Gasteiger partial charge in [-0.2, -0.15) is 0 Å². The van der Waals surface area contributed by atoms with Crippen molar-refractivity contribution in [3.63, 3.8) is 0 Å². The van der Waals surface area contributed by atoms with E-state index in [1.807, 2.05) is 16.7 Å². The number of hydrogen-bond donors (Lipinski definition) is 1. The highest BCUT2D eigenvalue weighted by molar-refractivity contribution is 7.99. The van der Waals surface area contributed by atoms with Gasteiger partial charge in [0.15, 0.2) is 22.5 Å². The molecule has 0 fully saturated rings. The maximum atomic E-state index is 13.0. The van der Waals surface area contributed by atoms with E-state index in [-0.39, 0.29) is 17.5 Å². The number of aromatic nitrogens is 3. The van der Waals surface area contributed by atoms with E-state index < -0.39 is 0 Å². The van der Waals surface area contributed by atoms with E-state index in [1.165, 1.54) is 23.9 Å². The quantitative estimate of drug-likeness (QED) is 0.381. The summed E-state index contributed by atoms with van der Waals surface area (Å²) in [5.74, 6) is 1.54. The number of carbonyl (C=O) groups excluding carboxylic acids is 1. The van der Waals surface area contributed by atoms with Crippen LogP contribution in [0.2, 0.25) is 0 Å². The fraction of sp³-hybridized carbons (Fsp3) is 0.227. The molecule has 0 aliphatic rings. The molecule has 3 rings (SSSR count). The average Bonchev–Trinajstić information content (AvgIpc) is 3.19. The summed E-state index contributed by atoms with van der Waals surface area (Å²) in [6, 6.07) is 11.5. The number of carbonyl (C=O) groups is 1. The first-order valence-electron chi connectivity index (χ1n) is 9.46. The normalized spacial score (nSPS) is 10.5. The molecule has 0 saturated carbocycles. The van der Waals surface area contributed by atoms with Crippen molar-refractivity contribution in [2.75, 3.05) is 20.0 Å². The summed E-state index contributed by atoms with van der Waals surface area (Å²) in [5, 5.41) is 12.0. The molecule has 0 aliphatic carbocycles. The van der Waals surface area contributed by atoms with E-state index in [9.17, 15) is 9.18 Å². The predicted molar refractivity (Wildman–Crippen MR) is 118 cm³/mol. The Labute approximate surface area is 184 Å². The number of halogens is 1. The standard InChI is InChI=1S/C22H23FN4O3S/c1-4-11-27-21(16-7-10-18(29-2)19(12-16)30-3)25-26-22(27)31-14-20(28)24-13-15-5-8-17(23)9-6-15/h4-10,12H,1,11,13-14H2,2-3H3,(H,24,28). The first-order chi connectivity index (χ1) is 15.0. The van der Waals surface area contributed by atoms with Gasteiger partial charge in [-0.25, -0.2) is 4.39 Å². The summed E-state index contributed by atoms with van der Waals surface area (Å²) < 4.78 is 25.5. The lowest BCUT2D eigenvalue weighted by Gasteiger charge is -2.11. The third-order valence-corrected chi connectivity index (χ3v) is 5.37. The Bertz CT molecular complexity index is 1050. The monoisotopic (exact) mass is 442 g/mol. The number of nitrogens with one attached hydrogen (secondary N) is 1. The highest BCUT2D eigenvalue weighted by Gasteiger charge is 2.16. The van der Waals surface area contributed by atoms with E-state index in [1.54, 1.807) is 38.5 Å². The van der Waals surface area contributed by atoms with Gasteiger partial charge >= 0.3 is 0 Å². The minimum atomic E-state index is -0.308. The molecule has 162 valence electrons. The van der Waals surface area contributed by atoms with Crippen LogP contribution in [0.25, 0.3) is 11.4 Å². The zero-order chi connectivity index (χ0) is 22.2. The van der Waals surface area contributed by atoms with Crippen LogP contribution in [0.3, 0.4) is 0 Å². The Kier molecular flexibility index (Phi) is 7.66. The molecule has 1 N–H and O–H groups in total. The van der Waals surface area contributed by atoms with Crippen molar-refractivity contribution in [1.29, 1.82) is 0 Å². The van der Waals surface area contributed by atoms with E-state index in [4.69, 9.17) is 9.47 Å². The van der Waals surface area contributed by atoms with Crippen LogP contribution in [0, 0.1) is 5.82 Å². The second kappa shape index (κ2) is 10.6. The number of amides is 1. The van der Waals surface area contributed by atoms with Crippen LogP contribution in [0.4, 0.5) is 4.39 Å². The Morgan fingerprint density at radius 3 is 2.58 bits per heavy atom. The topological polar surface area (TPSA) is 78.3 Å². The highest BCUT2D eigenvalue weighted by Crippen LogP contribution is 2.32. The van der Waals surface area contributed by atoms with Crippen molar-refractivity contribution in [2.45, 2.75) is 18.2 Å². The minimum Gasteiger partial charge on any atom is -0.493 e. The molecule has 0 bridgehead atoms. The third-order valence-electron chi connectivity index (χ3n) is 4.41. The molecule has 1 heterocycles. The Morgan fingerprint density at radius 2 is 1.90 bits per heavy atom. The fourth-order valence-corrected chi connectivity index (χ4v) is 3.64. The number of rotatable bonds is 10. The van der Waals surface area contributed by atoms with Crippen LogP contribution in [0.15, 0.2) is 60.3 Å². The van der Waals surface area contributed by atoms with Gasteiger partial charge < -0.3 is 14.8 Å². The number of hydrogen-bond acceptors (Lipinski definition) is 6. The van der Waals surface area contributed by atoms with Gasteiger partial charge in [-0.15, -0.1) is 16.8 Å². The van der Waals surface area contributed by atoms with Gasteiger partial charge in [0.25, 0.3) is 0 Å². The smallest absolute Gasteiger partial charge is 0.230 e. The third kappa shape index (κ3) is 5.64.